The third kappa shape index (κ3) is 5.69. The van der Waals surface area contributed by atoms with Crippen molar-refractivity contribution >= 4 is 29.2 Å². The lowest BCUT2D eigenvalue weighted by molar-refractivity contribution is -0.146. The van der Waals surface area contributed by atoms with Crippen LogP contribution in [-0.2, 0) is 20.7 Å². The highest BCUT2D eigenvalue weighted by atomic mass is 35.5. The van der Waals surface area contributed by atoms with Crippen LogP contribution in [-0.4, -0.2) is 18.5 Å². The summed E-state index contributed by atoms with van der Waals surface area (Å²) in [7, 11) is 0. The van der Waals surface area contributed by atoms with Crippen LogP contribution >= 0.6 is 11.6 Å². The van der Waals surface area contributed by atoms with Gasteiger partial charge >= 0.3 is 5.97 Å². The van der Waals surface area contributed by atoms with Crippen molar-refractivity contribution in [2.45, 2.75) is 20.3 Å². The molecule has 0 aliphatic carbocycles. The summed E-state index contributed by atoms with van der Waals surface area (Å²) in [6.45, 7) is 3.43. The second kappa shape index (κ2) is 9.39. The molecule has 3 aromatic carbocycles. The molecule has 0 unspecified atom stereocenters. The van der Waals surface area contributed by atoms with Gasteiger partial charge in [-0.3, -0.25) is 9.59 Å². The zero-order chi connectivity index (χ0) is 20.8. The van der Waals surface area contributed by atoms with Crippen LogP contribution in [0.2, 0.25) is 5.02 Å². The molecule has 0 saturated carbocycles. The van der Waals surface area contributed by atoms with Crippen molar-refractivity contribution in [2.24, 2.45) is 0 Å². The Balaban J connectivity index is 1.51. The number of esters is 1. The highest BCUT2D eigenvalue weighted by molar-refractivity contribution is 6.34. The van der Waals surface area contributed by atoms with Gasteiger partial charge in [0.1, 0.15) is 0 Å². The first-order valence-electron chi connectivity index (χ1n) is 9.29. The number of nitrogens with one attached hydrogen (secondary N) is 1. The molecule has 0 spiro atoms. The number of hydrogen-bond donors (Lipinski definition) is 1. The number of ether oxygens (including phenoxy) is 1. The van der Waals surface area contributed by atoms with Crippen LogP contribution in [0.3, 0.4) is 0 Å². The summed E-state index contributed by atoms with van der Waals surface area (Å²) >= 11 is 6.18. The average molecular weight is 408 g/mol. The first-order chi connectivity index (χ1) is 13.9. The van der Waals surface area contributed by atoms with E-state index in [1.165, 1.54) is 0 Å². The molecule has 1 N–H and O–H groups in total. The molecule has 4 nitrogen and oxygen atoms in total. The smallest absolute Gasteiger partial charge is 0.310 e. The predicted octanol–water partition coefficient (Wildman–Crippen LogP) is 5.35. The van der Waals surface area contributed by atoms with Crippen molar-refractivity contribution in [3.8, 4) is 11.1 Å². The van der Waals surface area contributed by atoms with Gasteiger partial charge in [0.25, 0.3) is 5.91 Å². The lowest BCUT2D eigenvalue weighted by atomic mass is 10.0. The van der Waals surface area contributed by atoms with E-state index in [9.17, 15) is 9.59 Å². The van der Waals surface area contributed by atoms with Crippen LogP contribution in [0.1, 0.15) is 16.7 Å². The van der Waals surface area contributed by atoms with Crippen LogP contribution in [0.4, 0.5) is 5.69 Å². The number of halogens is 1. The van der Waals surface area contributed by atoms with Gasteiger partial charge in [-0.1, -0.05) is 72.3 Å². The summed E-state index contributed by atoms with van der Waals surface area (Å²) in [5.41, 5.74) is 5.42. The molecule has 0 saturated heterocycles. The Kier molecular flexibility index (Phi) is 6.68. The van der Waals surface area contributed by atoms with E-state index in [0.29, 0.717) is 10.7 Å². The van der Waals surface area contributed by atoms with Crippen molar-refractivity contribution in [3.05, 3.63) is 88.4 Å². The summed E-state index contributed by atoms with van der Waals surface area (Å²) < 4.78 is 5.10. The van der Waals surface area contributed by atoms with E-state index in [1.807, 2.05) is 74.5 Å². The van der Waals surface area contributed by atoms with Crippen molar-refractivity contribution in [1.29, 1.82) is 0 Å². The number of amides is 1. The molecule has 0 bridgehead atoms. The molecule has 1 amide bonds. The second-order valence-corrected chi connectivity index (χ2v) is 7.29. The molecule has 0 aromatic heterocycles. The van der Waals surface area contributed by atoms with Crippen molar-refractivity contribution in [3.63, 3.8) is 0 Å². The van der Waals surface area contributed by atoms with Gasteiger partial charge in [0.15, 0.2) is 6.61 Å². The standard InChI is InChI=1S/C24H22ClNO3/c1-16-12-17(2)24(21(25)13-16)26-22(27)15-29-23(28)14-18-8-10-20(11-9-18)19-6-4-3-5-7-19/h3-13H,14-15H2,1-2H3,(H,26,27). The minimum Gasteiger partial charge on any atom is -0.455 e. The Morgan fingerprint density at radius 3 is 2.24 bits per heavy atom. The van der Waals surface area contributed by atoms with E-state index in [0.717, 1.165) is 27.8 Å². The lowest BCUT2D eigenvalue weighted by Crippen LogP contribution is -2.22. The number of rotatable bonds is 6. The number of anilines is 1. The average Bonchev–Trinajstić information content (AvgIpc) is 2.70. The van der Waals surface area contributed by atoms with Crippen LogP contribution < -0.4 is 5.32 Å². The Morgan fingerprint density at radius 2 is 1.59 bits per heavy atom. The van der Waals surface area contributed by atoms with Crippen molar-refractivity contribution in [2.75, 3.05) is 11.9 Å². The topological polar surface area (TPSA) is 55.4 Å². The number of carbonyl (C=O) groups is 2. The maximum atomic E-state index is 12.1. The summed E-state index contributed by atoms with van der Waals surface area (Å²) in [6.07, 6.45) is 0.104. The van der Waals surface area contributed by atoms with Gasteiger partial charge in [0.05, 0.1) is 17.1 Å². The molecule has 0 fully saturated rings. The van der Waals surface area contributed by atoms with Gasteiger partial charge in [0.2, 0.25) is 0 Å². The molecular formula is C24H22ClNO3. The Labute approximate surface area is 175 Å². The summed E-state index contributed by atoms with van der Waals surface area (Å²) in [5, 5.41) is 3.16. The zero-order valence-corrected chi connectivity index (χ0v) is 17.1. The molecule has 0 atom stereocenters. The third-order valence-electron chi connectivity index (χ3n) is 4.47. The summed E-state index contributed by atoms with van der Waals surface area (Å²) in [4.78, 5) is 24.2. The van der Waals surface area contributed by atoms with Crippen LogP contribution in [0.25, 0.3) is 11.1 Å². The third-order valence-corrected chi connectivity index (χ3v) is 4.77. The molecule has 3 rings (SSSR count). The molecule has 29 heavy (non-hydrogen) atoms. The van der Waals surface area contributed by atoms with Crippen LogP contribution in [0.15, 0.2) is 66.7 Å². The fourth-order valence-electron chi connectivity index (χ4n) is 3.06. The largest absolute Gasteiger partial charge is 0.455 e. The van der Waals surface area contributed by atoms with Crippen molar-refractivity contribution < 1.29 is 14.3 Å². The highest BCUT2D eigenvalue weighted by Gasteiger charge is 2.12. The Morgan fingerprint density at radius 1 is 0.931 bits per heavy atom. The predicted molar refractivity (Wildman–Crippen MR) is 116 cm³/mol. The van der Waals surface area contributed by atoms with E-state index in [-0.39, 0.29) is 13.0 Å². The second-order valence-electron chi connectivity index (χ2n) is 6.89. The molecule has 0 heterocycles. The minimum atomic E-state index is -0.459. The quantitative estimate of drug-likeness (QED) is 0.560. The fraction of sp³-hybridized carbons (Fsp3) is 0.167. The summed E-state index contributed by atoms with van der Waals surface area (Å²) in [5.74, 6) is -0.883. The van der Waals surface area contributed by atoms with Crippen molar-refractivity contribution in [1.82, 2.24) is 0 Å². The fourth-order valence-corrected chi connectivity index (χ4v) is 3.43. The van der Waals surface area contributed by atoms with Gasteiger partial charge in [-0.25, -0.2) is 0 Å². The van der Waals surface area contributed by atoms with E-state index in [1.54, 1.807) is 6.07 Å². The zero-order valence-electron chi connectivity index (χ0n) is 16.4. The maximum Gasteiger partial charge on any atom is 0.310 e. The van der Waals surface area contributed by atoms with E-state index < -0.39 is 11.9 Å². The summed E-state index contributed by atoms with van der Waals surface area (Å²) in [6, 6.07) is 21.4. The SMILES string of the molecule is Cc1cc(C)c(NC(=O)COC(=O)Cc2ccc(-c3ccccc3)cc2)c(Cl)c1. The van der Waals surface area contributed by atoms with Gasteiger partial charge in [-0.2, -0.15) is 0 Å². The number of carbonyl (C=O) groups excluding carboxylic acids is 2. The van der Waals surface area contributed by atoms with E-state index in [2.05, 4.69) is 5.32 Å². The number of benzene rings is 3. The van der Waals surface area contributed by atoms with Gasteiger partial charge in [0, 0.05) is 0 Å². The first-order valence-corrected chi connectivity index (χ1v) is 9.67. The highest BCUT2D eigenvalue weighted by Crippen LogP contribution is 2.27. The van der Waals surface area contributed by atoms with Crippen LogP contribution in [0.5, 0.6) is 0 Å². The Bertz CT molecular complexity index is 991. The van der Waals surface area contributed by atoms with Gasteiger partial charge in [-0.15, -0.1) is 0 Å². The molecule has 5 heteroatoms. The molecule has 148 valence electrons. The lowest BCUT2D eigenvalue weighted by Gasteiger charge is -2.12. The molecule has 0 aliphatic heterocycles. The number of hydrogen-bond acceptors (Lipinski definition) is 3. The monoisotopic (exact) mass is 407 g/mol. The minimum absolute atomic E-state index is 0.104. The van der Waals surface area contributed by atoms with E-state index in [4.69, 9.17) is 16.3 Å². The normalized spacial score (nSPS) is 10.4. The molecule has 0 radical (unpaired) electrons. The maximum absolute atomic E-state index is 12.1. The molecule has 3 aromatic rings. The Hall–Kier alpha value is -3.11. The number of aryl methyl sites for hydroxylation is 2. The van der Waals surface area contributed by atoms with Crippen LogP contribution in [0, 0.1) is 13.8 Å². The van der Waals surface area contributed by atoms with Gasteiger partial charge < -0.3 is 10.1 Å². The van der Waals surface area contributed by atoms with E-state index >= 15 is 0 Å². The molecular weight excluding hydrogens is 386 g/mol. The molecule has 0 aliphatic rings. The van der Waals surface area contributed by atoms with Gasteiger partial charge in [-0.05, 0) is 47.7 Å². The first kappa shape index (κ1) is 20.6.